The molecule has 4 saturated heterocycles. The predicted octanol–water partition coefficient (Wildman–Crippen LogP) is 3.65. The van der Waals surface area contributed by atoms with Crippen LogP contribution in [-0.4, -0.2) is 108 Å². The van der Waals surface area contributed by atoms with Crippen molar-refractivity contribution in [1.82, 2.24) is 20.4 Å². The number of hydrogen-bond acceptors (Lipinski definition) is 10. The van der Waals surface area contributed by atoms with Gasteiger partial charge in [0.1, 0.15) is 37.4 Å². The van der Waals surface area contributed by atoms with Crippen LogP contribution in [0.2, 0.25) is 0 Å². The van der Waals surface area contributed by atoms with Gasteiger partial charge in [-0.05, 0) is 83.5 Å². The van der Waals surface area contributed by atoms with Crippen LogP contribution in [0.15, 0.2) is 103 Å². The second-order valence-electron chi connectivity index (χ2n) is 17.3. The molecule has 6 unspecified atom stereocenters. The SMILES string of the molecule is CC(C)(C)c1ccc(C(=O)NC(Cc2ccc(N)cc2)C(=O)N2CCC3OCC(=O)C32)cc1.Nc1ccc(CC(NC(=O)c2ccccc2)C(=O)N2CCC3OCC(=O)C32)cc1. The summed E-state index contributed by atoms with van der Waals surface area (Å²) in [5, 5.41) is 5.77. The zero-order chi connectivity index (χ0) is 44.1. The molecule has 324 valence electrons. The molecule has 14 nitrogen and oxygen atoms in total. The van der Waals surface area contributed by atoms with E-state index in [9.17, 15) is 28.8 Å². The zero-order valence-electron chi connectivity index (χ0n) is 35.3. The van der Waals surface area contributed by atoms with Gasteiger partial charge in [0.05, 0.1) is 12.2 Å². The predicted molar refractivity (Wildman–Crippen MR) is 233 cm³/mol. The van der Waals surface area contributed by atoms with Gasteiger partial charge in [0.2, 0.25) is 11.8 Å². The van der Waals surface area contributed by atoms with Crippen molar-refractivity contribution in [3.05, 3.63) is 131 Å². The van der Waals surface area contributed by atoms with Gasteiger partial charge >= 0.3 is 0 Å². The molecule has 4 aliphatic heterocycles. The smallest absolute Gasteiger partial charge is 0.251 e. The maximum Gasteiger partial charge on any atom is 0.251 e. The summed E-state index contributed by atoms with van der Waals surface area (Å²) in [6.45, 7) is 7.29. The third-order valence-electron chi connectivity index (χ3n) is 11.9. The highest BCUT2D eigenvalue weighted by molar-refractivity contribution is 6.00. The van der Waals surface area contributed by atoms with Crippen LogP contribution in [0.1, 0.15) is 71.0 Å². The number of carbonyl (C=O) groups excluding carboxylic acids is 6. The molecule has 4 amide bonds. The summed E-state index contributed by atoms with van der Waals surface area (Å²) < 4.78 is 11.0. The van der Waals surface area contributed by atoms with Gasteiger partial charge < -0.3 is 41.4 Å². The Kier molecular flexibility index (Phi) is 13.2. The molecule has 4 fully saturated rings. The van der Waals surface area contributed by atoms with Crippen LogP contribution < -0.4 is 22.1 Å². The maximum atomic E-state index is 13.5. The number of anilines is 2. The van der Waals surface area contributed by atoms with Crippen LogP contribution in [0.3, 0.4) is 0 Å². The van der Waals surface area contributed by atoms with E-state index in [0.717, 1.165) is 16.7 Å². The molecule has 0 aliphatic carbocycles. The number of rotatable bonds is 10. The summed E-state index contributed by atoms with van der Waals surface area (Å²) in [6, 6.07) is 27.9. The van der Waals surface area contributed by atoms with Crippen molar-refractivity contribution >= 4 is 46.6 Å². The van der Waals surface area contributed by atoms with Crippen molar-refractivity contribution in [3.8, 4) is 0 Å². The summed E-state index contributed by atoms with van der Waals surface area (Å²) >= 11 is 0. The largest absolute Gasteiger partial charge is 0.399 e. The van der Waals surface area contributed by atoms with E-state index in [1.54, 1.807) is 70.5 Å². The Balaban J connectivity index is 0.000000188. The molecule has 14 heteroatoms. The average Bonchev–Trinajstić information content (AvgIpc) is 4.06. The van der Waals surface area contributed by atoms with Crippen LogP contribution in [0, 0.1) is 0 Å². The molecule has 0 saturated carbocycles. The first-order valence-corrected chi connectivity index (χ1v) is 21.0. The molecule has 6 atom stereocenters. The number of carbonyl (C=O) groups is 6. The van der Waals surface area contributed by atoms with Gasteiger partial charge in [-0.15, -0.1) is 0 Å². The lowest BCUT2D eigenvalue weighted by atomic mass is 9.86. The molecule has 4 aromatic carbocycles. The Labute approximate surface area is 361 Å². The lowest BCUT2D eigenvalue weighted by Crippen LogP contribution is -2.53. The van der Waals surface area contributed by atoms with Crippen LogP contribution >= 0.6 is 0 Å². The third-order valence-corrected chi connectivity index (χ3v) is 11.9. The number of fused-ring (bicyclic) bond motifs is 2. The number of likely N-dealkylation sites (tertiary alicyclic amines) is 2. The lowest BCUT2D eigenvalue weighted by molar-refractivity contribution is -0.138. The van der Waals surface area contributed by atoms with Gasteiger partial charge in [0, 0.05) is 48.4 Å². The highest BCUT2D eigenvalue weighted by atomic mass is 16.5. The van der Waals surface area contributed by atoms with E-state index in [1.807, 2.05) is 42.5 Å². The highest BCUT2D eigenvalue weighted by Crippen LogP contribution is 2.30. The van der Waals surface area contributed by atoms with E-state index in [0.29, 0.717) is 61.3 Å². The molecule has 6 N–H and O–H groups in total. The standard InChI is InChI=1S/C26H31N3O4.C22H23N3O4/c1-26(2,3)18-8-6-17(7-9-18)24(31)28-20(14-16-4-10-19(27)11-5-16)25(32)29-13-12-22-23(29)21(30)15-33-22;23-16-8-6-14(7-9-16)12-17(24-21(27)15-4-2-1-3-5-15)22(28)25-11-10-19-20(25)18(26)13-29-19/h4-11,20,22-23H,12-15,27H2,1-3H3,(H,28,31);1-9,17,19-20H,10-13,23H2,(H,24,27). The monoisotopic (exact) mass is 842 g/mol. The summed E-state index contributed by atoms with van der Waals surface area (Å²) in [5.41, 5.74) is 16.6. The molecule has 0 spiro atoms. The van der Waals surface area contributed by atoms with E-state index >= 15 is 0 Å². The summed E-state index contributed by atoms with van der Waals surface area (Å²) in [4.78, 5) is 80.4. The average molecular weight is 843 g/mol. The lowest BCUT2D eigenvalue weighted by Gasteiger charge is -2.28. The number of amides is 4. The van der Waals surface area contributed by atoms with Gasteiger partial charge in [-0.25, -0.2) is 0 Å². The Morgan fingerprint density at radius 2 is 1.02 bits per heavy atom. The van der Waals surface area contributed by atoms with Crippen molar-refractivity contribution in [1.29, 1.82) is 0 Å². The number of nitrogens with zero attached hydrogens (tertiary/aromatic N) is 2. The second kappa shape index (κ2) is 18.7. The summed E-state index contributed by atoms with van der Waals surface area (Å²) in [7, 11) is 0. The van der Waals surface area contributed by atoms with Crippen LogP contribution in [0.5, 0.6) is 0 Å². The molecular formula is C48H54N6O8. The Hall–Kier alpha value is -6.38. The molecule has 0 radical (unpaired) electrons. The minimum Gasteiger partial charge on any atom is -0.399 e. The normalized spacial score (nSPS) is 21.3. The van der Waals surface area contributed by atoms with Gasteiger partial charge in [-0.2, -0.15) is 0 Å². The van der Waals surface area contributed by atoms with Crippen LogP contribution in [0.25, 0.3) is 0 Å². The minimum absolute atomic E-state index is 0.0230. The first-order valence-electron chi connectivity index (χ1n) is 21.0. The molecule has 0 aromatic heterocycles. The van der Waals surface area contributed by atoms with E-state index in [4.69, 9.17) is 20.9 Å². The molecule has 4 aliphatic rings. The number of ether oxygens (including phenoxy) is 2. The van der Waals surface area contributed by atoms with E-state index < -0.39 is 24.2 Å². The molecule has 4 aromatic rings. The van der Waals surface area contributed by atoms with E-state index in [1.165, 1.54) is 0 Å². The molecule has 0 bridgehead atoms. The van der Waals surface area contributed by atoms with Gasteiger partial charge in [-0.1, -0.05) is 75.4 Å². The Bertz CT molecular complexity index is 2280. The zero-order valence-corrected chi connectivity index (χ0v) is 35.3. The first kappa shape index (κ1) is 43.7. The fourth-order valence-electron chi connectivity index (χ4n) is 8.46. The quantitative estimate of drug-likeness (QED) is 0.171. The summed E-state index contributed by atoms with van der Waals surface area (Å²) in [6.07, 6.45) is 1.37. The second-order valence-corrected chi connectivity index (χ2v) is 17.3. The van der Waals surface area contributed by atoms with Crippen molar-refractivity contribution < 1.29 is 38.2 Å². The number of nitrogens with one attached hydrogen (secondary N) is 2. The fraction of sp³-hybridized carbons (Fsp3) is 0.375. The van der Waals surface area contributed by atoms with E-state index in [-0.39, 0.29) is 66.0 Å². The number of Topliss-reactive ketones (excluding diaryl/α,β-unsaturated/α-hetero) is 2. The number of nitrogens with two attached hydrogens (primary N) is 2. The number of benzene rings is 4. The minimum atomic E-state index is -0.810. The van der Waals surface area contributed by atoms with Crippen molar-refractivity contribution in [2.45, 2.75) is 88.2 Å². The summed E-state index contributed by atoms with van der Waals surface area (Å²) in [5.74, 6) is -1.35. The van der Waals surface area contributed by atoms with Crippen molar-refractivity contribution in [2.24, 2.45) is 0 Å². The number of hydrogen-bond donors (Lipinski definition) is 4. The van der Waals surface area contributed by atoms with Crippen molar-refractivity contribution in [2.75, 3.05) is 37.8 Å². The van der Waals surface area contributed by atoms with Crippen molar-refractivity contribution in [3.63, 3.8) is 0 Å². The Morgan fingerprint density at radius 1 is 0.613 bits per heavy atom. The molecule has 8 rings (SSSR count). The number of nitrogen functional groups attached to an aromatic ring is 2. The molecule has 62 heavy (non-hydrogen) atoms. The number of ketones is 2. The van der Waals surface area contributed by atoms with Crippen LogP contribution in [-0.2, 0) is 46.9 Å². The highest BCUT2D eigenvalue weighted by Gasteiger charge is 2.49. The third kappa shape index (κ3) is 10.0. The fourth-order valence-corrected chi connectivity index (χ4v) is 8.46. The molecule has 4 heterocycles. The molecular weight excluding hydrogens is 789 g/mol. The topological polar surface area (TPSA) is 203 Å². The van der Waals surface area contributed by atoms with Gasteiger partial charge in [0.25, 0.3) is 11.8 Å². The van der Waals surface area contributed by atoms with Gasteiger partial charge in [-0.3, -0.25) is 28.8 Å². The first-order chi connectivity index (χ1) is 29.7. The van der Waals surface area contributed by atoms with Gasteiger partial charge in [0.15, 0.2) is 11.6 Å². The van der Waals surface area contributed by atoms with E-state index in [2.05, 4.69) is 31.4 Å². The van der Waals surface area contributed by atoms with Crippen LogP contribution in [0.4, 0.5) is 11.4 Å². The Morgan fingerprint density at radius 3 is 1.42 bits per heavy atom. The maximum absolute atomic E-state index is 13.5.